The lowest BCUT2D eigenvalue weighted by atomic mass is 9.70. The zero-order valence-corrected chi connectivity index (χ0v) is 29.8. The molecule has 12 heteroatoms. The third kappa shape index (κ3) is 7.41. The molecular weight excluding hydrogens is 682 g/mol. The largest absolute Gasteiger partial charge is 0.455 e. The van der Waals surface area contributed by atoms with Gasteiger partial charge in [0.2, 0.25) is 17.7 Å². The number of hydrogen-bond donors (Lipinski definition) is 2. The topological polar surface area (TPSA) is 135 Å². The first-order valence-corrected chi connectivity index (χ1v) is 17.8. The number of aliphatic hydroxyl groups is 1. The number of ether oxygens (including phenoxy) is 3. The summed E-state index contributed by atoms with van der Waals surface area (Å²) in [4.78, 5) is 59.1. The Bertz CT molecular complexity index is 1310. The maximum atomic E-state index is 14.5. The molecule has 0 aromatic heterocycles. The lowest BCUT2D eigenvalue weighted by molar-refractivity contribution is -0.163. The van der Waals surface area contributed by atoms with Crippen LogP contribution in [0, 0.1) is 11.8 Å². The summed E-state index contributed by atoms with van der Waals surface area (Å²) in [5, 5.41) is 13.4. The number of rotatable bonds is 19. The van der Waals surface area contributed by atoms with Crippen molar-refractivity contribution < 1.29 is 38.5 Å². The Morgan fingerprint density at radius 1 is 1.23 bits per heavy atom. The number of amides is 3. The highest BCUT2D eigenvalue weighted by Gasteiger charge is 2.77. The van der Waals surface area contributed by atoms with Crippen molar-refractivity contribution in [3.63, 3.8) is 0 Å². The minimum atomic E-state index is -1.31. The zero-order valence-electron chi connectivity index (χ0n) is 28.2. The second kappa shape index (κ2) is 17.0. The highest BCUT2D eigenvalue weighted by Crippen LogP contribution is 2.61. The number of hydrogen-bond acceptors (Lipinski definition) is 8. The van der Waals surface area contributed by atoms with Gasteiger partial charge in [-0.3, -0.25) is 19.2 Å². The Labute approximate surface area is 292 Å². The van der Waals surface area contributed by atoms with Crippen LogP contribution >= 0.6 is 15.9 Å². The maximum Gasteiger partial charge on any atom is 0.313 e. The fourth-order valence-electron chi connectivity index (χ4n) is 7.52. The van der Waals surface area contributed by atoms with Gasteiger partial charge in [-0.2, -0.15) is 0 Å². The fourth-order valence-corrected chi connectivity index (χ4v) is 8.46. The van der Waals surface area contributed by atoms with Gasteiger partial charge in [-0.15, -0.1) is 13.2 Å². The number of aliphatic hydroxyl groups excluding tert-OH is 1. The third-order valence-corrected chi connectivity index (χ3v) is 10.6. The van der Waals surface area contributed by atoms with Crippen LogP contribution in [0.3, 0.4) is 0 Å². The summed E-state index contributed by atoms with van der Waals surface area (Å²) < 4.78 is 18.4. The number of carbonyl (C=O) groups is 4. The van der Waals surface area contributed by atoms with E-state index in [4.69, 9.17) is 14.2 Å². The zero-order chi connectivity index (χ0) is 35.0. The van der Waals surface area contributed by atoms with Crippen molar-refractivity contribution in [2.75, 3.05) is 33.4 Å². The van der Waals surface area contributed by atoms with Crippen molar-refractivity contribution in [3.8, 4) is 0 Å². The minimum Gasteiger partial charge on any atom is -0.455 e. The molecule has 3 aliphatic rings. The van der Waals surface area contributed by atoms with E-state index in [-0.39, 0.29) is 36.3 Å². The molecular formula is C36H50BrN3O8. The number of halogens is 1. The molecule has 2 bridgehead atoms. The van der Waals surface area contributed by atoms with Crippen LogP contribution in [0.5, 0.6) is 0 Å². The summed E-state index contributed by atoms with van der Waals surface area (Å²) in [6.07, 6.45) is 4.68. The number of allylic oxidation sites excluding steroid dienone is 1. The van der Waals surface area contributed by atoms with Crippen molar-refractivity contribution in [1.29, 1.82) is 0 Å². The molecule has 3 fully saturated rings. The quantitative estimate of drug-likeness (QED) is 0.125. The van der Waals surface area contributed by atoms with Gasteiger partial charge in [-0.1, -0.05) is 78.7 Å². The van der Waals surface area contributed by atoms with Crippen LogP contribution in [0.4, 0.5) is 0 Å². The normalized spacial score (nSPS) is 27.6. The Morgan fingerprint density at radius 2 is 1.96 bits per heavy atom. The average molecular weight is 733 g/mol. The number of esters is 1. The fraction of sp³-hybridized carbons (Fsp3) is 0.611. The van der Waals surface area contributed by atoms with Crippen molar-refractivity contribution in [2.24, 2.45) is 11.8 Å². The van der Waals surface area contributed by atoms with Crippen molar-refractivity contribution >= 4 is 39.6 Å². The molecule has 0 aliphatic carbocycles. The van der Waals surface area contributed by atoms with E-state index in [0.717, 1.165) is 12.8 Å². The highest BCUT2D eigenvalue weighted by molar-refractivity contribution is 9.09. The smallest absolute Gasteiger partial charge is 0.313 e. The lowest BCUT2D eigenvalue weighted by Gasteiger charge is -2.39. The Morgan fingerprint density at radius 3 is 2.56 bits per heavy atom. The van der Waals surface area contributed by atoms with Crippen LogP contribution in [0.25, 0.3) is 0 Å². The molecule has 0 saturated carbocycles. The number of unbranched alkanes of at least 4 members (excludes halogenated alkanes) is 1. The molecule has 3 saturated heterocycles. The van der Waals surface area contributed by atoms with Gasteiger partial charge in [-0.05, 0) is 31.2 Å². The monoisotopic (exact) mass is 731 g/mol. The predicted octanol–water partition coefficient (Wildman–Crippen LogP) is 3.70. The highest BCUT2D eigenvalue weighted by atomic mass is 79.9. The summed E-state index contributed by atoms with van der Waals surface area (Å²) in [7, 11) is 1.50. The number of carbonyl (C=O) groups excluding carboxylic acids is 4. The Balaban J connectivity index is 1.74. The van der Waals surface area contributed by atoms with Crippen molar-refractivity contribution in [1.82, 2.24) is 15.1 Å². The van der Waals surface area contributed by atoms with E-state index in [2.05, 4.69) is 34.4 Å². The molecule has 9 atom stereocenters. The second-order valence-electron chi connectivity index (χ2n) is 12.8. The van der Waals surface area contributed by atoms with Gasteiger partial charge in [-0.25, -0.2) is 0 Å². The molecule has 1 spiro atoms. The molecule has 3 amide bonds. The number of alkyl halides is 1. The summed E-state index contributed by atoms with van der Waals surface area (Å²) in [5.74, 6) is -3.66. The average Bonchev–Trinajstić information content (AvgIpc) is 3.68. The Kier molecular flexibility index (Phi) is 13.4. The van der Waals surface area contributed by atoms with E-state index in [0.29, 0.717) is 37.9 Å². The van der Waals surface area contributed by atoms with E-state index < -0.39 is 59.6 Å². The predicted molar refractivity (Wildman–Crippen MR) is 184 cm³/mol. The number of methoxy groups -OCH3 is 1. The number of likely N-dealkylation sites (tertiary alicyclic amines) is 1. The molecule has 4 rings (SSSR count). The van der Waals surface area contributed by atoms with E-state index in [1.54, 1.807) is 29.2 Å². The van der Waals surface area contributed by atoms with E-state index in [1.165, 1.54) is 12.0 Å². The molecule has 1 aromatic rings. The van der Waals surface area contributed by atoms with Gasteiger partial charge in [0.05, 0.1) is 43.2 Å². The molecule has 2 N–H and O–H groups in total. The first-order valence-electron chi connectivity index (χ1n) is 16.9. The molecule has 0 radical (unpaired) electrons. The molecule has 11 nitrogen and oxygen atoms in total. The van der Waals surface area contributed by atoms with E-state index in [9.17, 15) is 24.3 Å². The molecule has 3 heterocycles. The minimum absolute atomic E-state index is 0.0561. The van der Waals surface area contributed by atoms with E-state index >= 15 is 0 Å². The van der Waals surface area contributed by atoms with Crippen LogP contribution in [0.2, 0.25) is 0 Å². The summed E-state index contributed by atoms with van der Waals surface area (Å²) >= 11 is 3.72. The maximum absolute atomic E-state index is 14.5. The van der Waals surface area contributed by atoms with Crippen LogP contribution in [0.1, 0.15) is 64.0 Å². The number of nitrogens with one attached hydrogen (secondary N) is 1. The molecule has 1 unspecified atom stereocenters. The number of benzene rings is 1. The molecule has 3 aliphatic heterocycles. The molecule has 264 valence electrons. The summed E-state index contributed by atoms with van der Waals surface area (Å²) in [5.41, 5.74) is -0.668. The van der Waals surface area contributed by atoms with Crippen molar-refractivity contribution in [2.45, 2.75) is 93.1 Å². The van der Waals surface area contributed by atoms with Crippen LogP contribution in [-0.2, 0) is 33.4 Å². The first-order chi connectivity index (χ1) is 23.1. The van der Waals surface area contributed by atoms with Gasteiger partial charge < -0.3 is 34.4 Å². The molecule has 48 heavy (non-hydrogen) atoms. The van der Waals surface area contributed by atoms with Gasteiger partial charge in [0.25, 0.3) is 0 Å². The van der Waals surface area contributed by atoms with Crippen LogP contribution in [-0.4, -0.2) is 107 Å². The molecule has 1 aromatic carbocycles. The van der Waals surface area contributed by atoms with Crippen LogP contribution in [0.15, 0.2) is 55.6 Å². The summed E-state index contributed by atoms with van der Waals surface area (Å²) in [6.45, 7) is 11.9. The summed E-state index contributed by atoms with van der Waals surface area (Å²) in [6, 6.07) is 6.64. The van der Waals surface area contributed by atoms with Crippen molar-refractivity contribution in [3.05, 3.63) is 61.2 Å². The van der Waals surface area contributed by atoms with Gasteiger partial charge in [0.1, 0.15) is 17.7 Å². The Hall–Kier alpha value is -3.06. The van der Waals surface area contributed by atoms with Gasteiger partial charge >= 0.3 is 5.97 Å². The van der Waals surface area contributed by atoms with E-state index in [1.807, 2.05) is 32.0 Å². The van der Waals surface area contributed by atoms with Gasteiger partial charge in [0, 0.05) is 31.4 Å². The second-order valence-corrected chi connectivity index (χ2v) is 14.0. The standard InChI is InChI=1S/C36H50BrN3O8/c1-6-10-17-27(42)38-26(22-46-5)30(23-15-13-12-14-16-23)47-35(45)28-29-33(43)40(24(9-4)21-41)32(36(29)20-25(37)31(28)48-36)34(44)39(18-8-3)19-11-7-2/h6,8,12-16,24-26,28-32,41H,1,3,7,9-11,17-22H2,2,4-5H3,(H,38,42)/t24-,25?,26+,28-,29+,30+,31-,32-,36+/m0/s1. The first kappa shape index (κ1) is 37.8. The lowest BCUT2D eigenvalue weighted by Crippen LogP contribution is -2.59. The SMILES string of the molecule is C=CCCC(=O)N[C@H](COC)[C@H](OC(=O)[C@@H]1[C@H]2O[C@@]3(CC2Br)[C@H](C(=O)N(CC=C)CCCC)N([C@@H](CC)CO)C(=O)[C@@H]13)c1ccccc1. The van der Waals surface area contributed by atoms with Crippen LogP contribution < -0.4 is 5.32 Å². The third-order valence-electron chi connectivity index (χ3n) is 9.76. The van der Waals surface area contributed by atoms with Gasteiger partial charge in [0.15, 0.2) is 0 Å². The number of fused-ring (bicyclic) bond motifs is 1. The number of nitrogens with zero attached hydrogens (tertiary/aromatic N) is 2.